The molecule has 13 heteroatoms. The van der Waals surface area contributed by atoms with E-state index in [1.807, 2.05) is 25.8 Å². The first-order valence-electron chi connectivity index (χ1n) is 13.4. The zero-order chi connectivity index (χ0) is 28.6. The summed E-state index contributed by atoms with van der Waals surface area (Å²) in [5.74, 6) is 0.105. The van der Waals surface area contributed by atoms with Gasteiger partial charge in [-0.1, -0.05) is 25.1 Å². The van der Waals surface area contributed by atoms with Gasteiger partial charge in [-0.2, -0.15) is 18.2 Å². The number of nitrogens with one attached hydrogen (secondary N) is 2. The summed E-state index contributed by atoms with van der Waals surface area (Å²) in [7, 11) is 1.83. The normalized spacial score (nSPS) is 22.9. The van der Waals surface area contributed by atoms with Gasteiger partial charge >= 0.3 is 6.18 Å². The minimum Gasteiger partial charge on any atom is -0.347 e. The fourth-order valence-corrected chi connectivity index (χ4v) is 5.02. The predicted molar refractivity (Wildman–Crippen MR) is 142 cm³/mol. The molecule has 1 aliphatic heterocycles. The average Bonchev–Trinajstić information content (AvgIpc) is 3.36. The molecule has 1 saturated carbocycles. The van der Waals surface area contributed by atoms with E-state index in [9.17, 15) is 22.4 Å². The monoisotopic (exact) mass is 563 g/mol. The first-order valence-corrected chi connectivity index (χ1v) is 13.4. The topological polar surface area (TPSA) is 101 Å². The number of carbonyl (C=O) groups is 1. The predicted octanol–water partition coefficient (Wildman–Crippen LogP) is 4.25. The van der Waals surface area contributed by atoms with E-state index in [-0.39, 0.29) is 53.8 Å². The third-order valence-corrected chi connectivity index (χ3v) is 7.27. The van der Waals surface area contributed by atoms with Gasteiger partial charge in [0, 0.05) is 36.9 Å². The van der Waals surface area contributed by atoms with E-state index in [2.05, 4.69) is 25.8 Å². The molecule has 2 aliphatic rings. The average molecular weight is 564 g/mol. The van der Waals surface area contributed by atoms with E-state index in [0.717, 1.165) is 17.5 Å². The number of aliphatic imine (C=N–C) groups is 1. The quantitative estimate of drug-likeness (QED) is 0.378. The van der Waals surface area contributed by atoms with Crippen molar-refractivity contribution in [1.29, 1.82) is 0 Å². The van der Waals surface area contributed by atoms with Crippen molar-refractivity contribution in [3.63, 3.8) is 0 Å². The van der Waals surface area contributed by atoms with E-state index in [1.165, 1.54) is 6.07 Å². The van der Waals surface area contributed by atoms with Crippen molar-refractivity contribution >= 4 is 28.2 Å². The maximum atomic E-state index is 14.6. The first kappa shape index (κ1) is 28.2. The molecule has 9 nitrogen and oxygen atoms in total. The Bertz CT molecular complexity index is 1400. The lowest BCUT2D eigenvalue weighted by Crippen LogP contribution is -2.39. The minimum atomic E-state index is -4.52. The Morgan fingerprint density at radius 3 is 2.83 bits per heavy atom. The summed E-state index contributed by atoms with van der Waals surface area (Å²) in [6.45, 7) is 4.40. The molecule has 1 aliphatic carbocycles. The summed E-state index contributed by atoms with van der Waals surface area (Å²) in [5.41, 5.74) is 1.10. The largest absolute Gasteiger partial charge is 0.406 e. The van der Waals surface area contributed by atoms with Crippen LogP contribution in [0.15, 0.2) is 33.8 Å². The van der Waals surface area contributed by atoms with Gasteiger partial charge in [0.25, 0.3) is 0 Å². The second-order valence-electron chi connectivity index (χ2n) is 10.9. The molecule has 2 aromatic heterocycles. The summed E-state index contributed by atoms with van der Waals surface area (Å²) in [5, 5.41) is 10.4. The Labute approximate surface area is 229 Å². The minimum absolute atomic E-state index is 0.0304. The zero-order valence-electron chi connectivity index (χ0n) is 22.6. The van der Waals surface area contributed by atoms with Crippen LogP contribution in [0.4, 0.5) is 23.2 Å². The molecule has 1 saturated heterocycles. The molecule has 40 heavy (non-hydrogen) atoms. The fourth-order valence-electron chi connectivity index (χ4n) is 5.02. The van der Waals surface area contributed by atoms with Crippen LogP contribution in [0.25, 0.3) is 22.4 Å². The lowest BCUT2D eigenvalue weighted by molar-refractivity contribution is -0.139. The number of fused-ring (bicyclic) bond motifs is 1. The van der Waals surface area contributed by atoms with Crippen molar-refractivity contribution in [2.75, 3.05) is 26.7 Å². The van der Waals surface area contributed by atoms with Crippen molar-refractivity contribution in [2.45, 2.75) is 58.2 Å². The van der Waals surface area contributed by atoms with Crippen LogP contribution in [-0.4, -0.2) is 76.3 Å². The van der Waals surface area contributed by atoms with E-state index < -0.39 is 18.9 Å². The molecule has 2 fully saturated rings. The molecule has 0 radical (unpaired) electrons. The summed E-state index contributed by atoms with van der Waals surface area (Å²) < 4.78 is 61.8. The smallest absolute Gasteiger partial charge is 0.347 e. The van der Waals surface area contributed by atoms with Crippen LogP contribution in [0.3, 0.4) is 0 Å². The molecule has 3 atom stereocenters. The Morgan fingerprint density at radius 2 is 2.10 bits per heavy atom. The van der Waals surface area contributed by atoms with E-state index in [1.54, 1.807) is 18.2 Å². The van der Waals surface area contributed by atoms with Gasteiger partial charge < -0.3 is 24.6 Å². The highest BCUT2D eigenvalue weighted by molar-refractivity contribution is 5.99. The summed E-state index contributed by atoms with van der Waals surface area (Å²) >= 11 is 0. The number of nitrogens with zero attached hydrogens (tertiary/aromatic N) is 5. The van der Waals surface area contributed by atoms with E-state index in [0.29, 0.717) is 35.8 Å². The fraction of sp³-hybridized carbons (Fsp3) is 0.556. The maximum absolute atomic E-state index is 14.6. The second-order valence-corrected chi connectivity index (χ2v) is 10.9. The first-order chi connectivity index (χ1) is 19.0. The molecule has 3 aromatic rings. The molecular weight excluding hydrogens is 530 g/mol. The molecule has 5 rings (SSSR count). The van der Waals surface area contributed by atoms with Crippen molar-refractivity contribution in [3.05, 3.63) is 30.2 Å². The highest BCUT2D eigenvalue weighted by Crippen LogP contribution is 2.38. The van der Waals surface area contributed by atoms with Crippen molar-refractivity contribution < 1.29 is 26.9 Å². The molecule has 0 spiro atoms. The number of likely N-dealkylation sites (tertiary alicyclic amines) is 1. The number of aromatic nitrogens is 3. The van der Waals surface area contributed by atoms with Crippen molar-refractivity contribution in [1.82, 2.24) is 30.2 Å². The number of halogens is 4. The Morgan fingerprint density at radius 1 is 1.30 bits per heavy atom. The van der Waals surface area contributed by atoms with Gasteiger partial charge in [-0.3, -0.25) is 9.79 Å². The Hall–Kier alpha value is -3.32. The van der Waals surface area contributed by atoms with Gasteiger partial charge in [-0.15, -0.1) is 0 Å². The number of hydrogen-bond donors (Lipinski definition) is 2. The van der Waals surface area contributed by atoms with Crippen molar-refractivity contribution in [3.8, 4) is 11.5 Å². The maximum Gasteiger partial charge on any atom is 0.406 e. The number of rotatable bonds is 9. The molecule has 0 bridgehead atoms. The van der Waals surface area contributed by atoms with E-state index in [4.69, 9.17) is 4.52 Å². The lowest BCUT2D eigenvalue weighted by atomic mass is 10.1. The Kier molecular flexibility index (Phi) is 7.96. The van der Waals surface area contributed by atoms with Crippen LogP contribution < -0.4 is 10.6 Å². The molecule has 1 amide bonds. The lowest BCUT2D eigenvalue weighted by Gasteiger charge is -2.26. The van der Waals surface area contributed by atoms with Gasteiger partial charge in [-0.25, -0.2) is 4.39 Å². The molecule has 216 valence electrons. The molecule has 2 N–H and O–H groups in total. The van der Waals surface area contributed by atoms with Crippen LogP contribution in [0.5, 0.6) is 0 Å². The number of carbonyl (C=O) groups excluding carboxylic acids is 1. The van der Waals surface area contributed by atoms with Crippen LogP contribution in [0.2, 0.25) is 0 Å². The molecule has 1 aromatic carbocycles. The van der Waals surface area contributed by atoms with Gasteiger partial charge in [0.2, 0.25) is 17.6 Å². The highest BCUT2D eigenvalue weighted by atomic mass is 19.4. The summed E-state index contributed by atoms with van der Waals surface area (Å²) in [6, 6.07) is 6.66. The number of alkyl halides is 4. The SMILES string of the molecule is CC(C)NC[C@@H]1C[C@H]1C(=O)NCc1nc(-c2cc3c(/N=C4\CCN(C)C[C@@H]4F)cccc3n2CC(F)(F)F)no1. The standard InChI is InChI=1S/C27H33F4N7O2/c1-15(2)32-11-16-9-17(16)26(39)33-12-24-35-25(36-40-24)23-10-18-20(34-21-7-8-37(3)13-19(21)28)5-4-6-22(18)38(23)14-27(29,30)31/h4-6,10,15-17,19,32H,7-9,11-14H2,1-3H3,(H,33,39)/b34-21+/t16-,17+,19-/m0/s1. The van der Waals surface area contributed by atoms with Gasteiger partial charge in [0.1, 0.15) is 6.54 Å². The highest BCUT2D eigenvalue weighted by Gasteiger charge is 2.42. The molecule has 0 unspecified atom stereocenters. The summed E-state index contributed by atoms with van der Waals surface area (Å²) in [4.78, 5) is 23.1. The van der Waals surface area contributed by atoms with Gasteiger partial charge in [0.15, 0.2) is 6.17 Å². The van der Waals surface area contributed by atoms with Crippen LogP contribution >= 0.6 is 0 Å². The van der Waals surface area contributed by atoms with E-state index >= 15 is 0 Å². The van der Waals surface area contributed by atoms with Gasteiger partial charge in [0.05, 0.1) is 29.2 Å². The molecule has 3 heterocycles. The number of piperidine rings is 1. The van der Waals surface area contributed by atoms with Crippen molar-refractivity contribution in [2.24, 2.45) is 16.8 Å². The number of hydrogen-bond acceptors (Lipinski definition) is 7. The third kappa shape index (κ3) is 6.52. The second kappa shape index (κ2) is 11.3. The summed E-state index contributed by atoms with van der Waals surface area (Å²) in [6.07, 6.45) is -4.55. The number of benzene rings is 1. The van der Waals surface area contributed by atoms with Crippen LogP contribution in [0, 0.1) is 11.8 Å². The van der Waals surface area contributed by atoms with Crippen LogP contribution in [0.1, 0.15) is 32.6 Å². The third-order valence-electron chi connectivity index (χ3n) is 7.27. The molecular formula is C27H33F4N7O2. The Balaban J connectivity index is 1.38. The zero-order valence-corrected chi connectivity index (χ0v) is 22.6. The van der Waals surface area contributed by atoms with Gasteiger partial charge in [-0.05, 0) is 44.1 Å². The van der Waals surface area contributed by atoms with Crippen LogP contribution in [-0.2, 0) is 17.9 Å². The number of amides is 1.